The Balaban J connectivity index is 6.06. The molecular weight excluding hydrogens is 378 g/mol. The first kappa shape index (κ1) is 25.3. The van der Waals surface area contributed by atoms with Gasteiger partial charge < -0.3 is 29.0 Å². The average molecular weight is 405 g/mol. The van der Waals surface area contributed by atoms with Crippen molar-refractivity contribution in [2.24, 2.45) is 0 Å². The topological polar surface area (TPSA) is 144 Å². The molecule has 4 unspecified atom stereocenters. The third kappa shape index (κ3) is 10.5. The molecule has 0 aliphatic heterocycles. The molecule has 1 N–H and O–H groups in total. The predicted octanol–water partition coefficient (Wildman–Crippen LogP) is -0.504. The number of carbonyl (C=O) groups excluding carboxylic acids is 5. The van der Waals surface area contributed by atoms with E-state index in [2.05, 4.69) is 5.32 Å². The van der Waals surface area contributed by atoms with Gasteiger partial charge in [0.05, 0.1) is 0 Å². The van der Waals surface area contributed by atoms with Crippen molar-refractivity contribution in [3.63, 3.8) is 0 Å². The van der Waals surface area contributed by atoms with Gasteiger partial charge in [0, 0.05) is 41.2 Å². The van der Waals surface area contributed by atoms with Crippen LogP contribution in [0, 0.1) is 0 Å². The Morgan fingerprint density at radius 1 is 0.643 bits per heavy atom. The molecule has 0 fully saturated rings. The zero-order chi connectivity index (χ0) is 21.9. The van der Waals surface area contributed by atoms with Gasteiger partial charge in [-0.25, -0.2) is 0 Å². The maximum atomic E-state index is 11.6. The molecule has 0 radical (unpaired) electrons. The number of likely N-dealkylation sites (N-methyl/N-ethyl adjacent to an activating group) is 1. The van der Waals surface area contributed by atoms with E-state index in [1.807, 2.05) is 0 Å². The van der Waals surface area contributed by atoms with Crippen LogP contribution in [-0.4, -0.2) is 74.5 Å². The van der Waals surface area contributed by atoms with E-state index < -0.39 is 60.9 Å². The van der Waals surface area contributed by atoms with Gasteiger partial charge in [0.15, 0.2) is 24.4 Å². The number of ether oxygens (including phenoxy) is 5. The van der Waals surface area contributed by atoms with E-state index in [0.717, 1.165) is 34.6 Å². The third-order valence-corrected chi connectivity index (χ3v) is 3.15. The Morgan fingerprint density at radius 2 is 1.04 bits per heavy atom. The van der Waals surface area contributed by atoms with Gasteiger partial charge in [-0.05, 0) is 7.05 Å². The van der Waals surface area contributed by atoms with Crippen molar-refractivity contribution in [1.29, 1.82) is 0 Å². The third-order valence-electron chi connectivity index (χ3n) is 3.15. The molecule has 0 saturated carbocycles. The van der Waals surface area contributed by atoms with Crippen molar-refractivity contribution in [3.8, 4) is 0 Å². The van der Waals surface area contributed by atoms with E-state index in [-0.39, 0.29) is 6.54 Å². The largest absolute Gasteiger partial charge is 0.462 e. The van der Waals surface area contributed by atoms with E-state index in [1.54, 1.807) is 7.05 Å². The molecule has 160 valence electrons. The molecule has 28 heavy (non-hydrogen) atoms. The highest BCUT2D eigenvalue weighted by Crippen LogP contribution is 2.20. The Labute approximate surface area is 163 Å². The van der Waals surface area contributed by atoms with Crippen molar-refractivity contribution >= 4 is 29.8 Å². The van der Waals surface area contributed by atoms with Crippen LogP contribution in [0.15, 0.2) is 0 Å². The summed E-state index contributed by atoms with van der Waals surface area (Å²) in [5.74, 6) is -3.65. The van der Waals surface area contributed by atoms with Crippen molar-refractivity contribution in [2.45, 2.75) is 59.0 Å². The molecular formula is C17H27NO10. The molecule has 0 bridgehead atoms. The fourth-order valence-corrected chi connectivity index (χ4v) is 2.34. The minimum Gasteiger partial charge on any atom is -0.462 e. The molecule has 0 amide bonds. The van der Waals surface area contributed by atoms with Crippen LogP contribution < -0.4 is 5.32 Å². The second-order valence-corrected chi connectivity index (χ2v) is 5.80. The minimum absolute atomic E-state index is 0.0235. The molecule has 4 atom stereocenters. The molecule has 0 heterocycles. The van der Waals surface area contributed by atoms with Gasteiger partial charge in [-0.2, -0.15) is 0 Å². The molecule has 0 aromatic rings. The summed E-state index contributed by atoms with van der Waals surface area (Å²) in [6.07, 6.45) is -5.17. The molecule has 0 saturated heterocycles. The van der Waals surface area contributed by atoms with Crippen molar-refractivity contribution in [1.82, 2.24) is 5.32 Å². The predicted molar refractivity (Wildman–Crippen MR) is 92.8 cm³/mol. The van der Waals surface area contributed by atoms with Crippen LogP contribution in [-0.2, 0) is 47.7 Å². The molecule has 0 aliphatic rings. The monoisotopic (exact) mass is 405 g/mol. The van der Waals surface area contributed by atoms with Crippen LogP contribution in [0.3, 0.4) is 0 Å². The standard InChI is InChI=1S/C17H27NO10/c1-9(19)24-8-15(26-11(3)21)17(28-13(5)23)16(27-12(4)22)14(7-18-6)25-10(2)20/h14-18H,7-8H2,1-6H3. The van der Waals surface area contributed by atoms with Crippen molar-refractivity contribution in [2.75, 3.05) is 20.2 Å². The summed E-state index contributed by atoms with van der Waals surface area (Å²) in [5, 5.41) is 2.76. The molecule has 0 rings (SSSR count). The van der Waals surface area contributed by atoms with Crippen molar-refractivity contribution < 1.29 is 47.7 Å². The summed E-state index contributed by atoms with van der Waals surface area (Å²) in [4.78, 5) is 57.4. The molecule has 11 heteroatoms. The van der Waals surface area contributed by atoms with Gasteiger partial charge in [-0.15, -0.1) is 0 Å². The van der Waals surface area contributed by atoms with Crippen molar-refractivity contribution in [3.05, 3.63) is 0 Å². The molecule has 0 aromatic carbocycles. The maximum Gasteiger partial charge on any atom is 0.303 e. The van der Waals surface area contributed by atoms with Crippen LogP contribution in [0.2, 0.25) is 0 Å². The molecule has 0 spiro atoms. The van der Waals surface area contributed by atoms with Gasteiger partial charge in [-0.3, -0.25) is 24.0 Å². The SMILES string of the molecule is CNCC(OC(C)=O)C(OC(C)=O)C(OC(C)=O)C(COC(C)=O)OC(C)=O. The summed E-state index contributed by atoms with van der Waals surface area (Å²) >= 11 is 0. The summed E-state index contributed by atoms with van der Waals surface area (Å²) in [5.41, 5.74) is 0. The molecule has 0 aromatic heterocycles. The van der Waals surface area contributed by atoms with E-state index >= 15 is 0 Å². The first-order valence-electron chi connectivity index (χ1n) is 8.44. The zero-order valence-electron chi connectivity index (χ0n) is 16.8. The van der Waals surface area contributed by atoms with Crippen LogP contribution in [0.4, 0.5) is 0 Å². The van der Waals surface area contributed by atoms with E-state index in [0.29, 0.717) is 0 Å². The van der Waals surface area contributed by atoms with Gasteiger partial charge in [0.2, 0.25) is 0 Å². The highest BCUT2D eigenvalue weighted by Gasteiger charge is 2.43. The Hall–Kier alpha value is -2.69. The van der Waals surface area contributed by atoms with Crippen LogP contribution in [0.25, 0.3) is 0 Å². The first-order valence-corrected chi connectivity index (χ1v) is 8.44. The number of hydrogen-bond acceptors (Lipinski definition) is 11. The van der Waals surface area contributed by atoms with Gasteiger partial charge in [-0.1, -0.05) is 0 Å². The lowest BCUT2D eigenvalue weighted by Gasteiger charge is -2.35. The second kappa shape index (κ2) is 12.7. The number of nitrogens with one attached hydrogen (secondary N) is 1. The summed E-state index contributed by atoms with van der Waals surface area (Å²) in [7, 11) is 1.56. The second-order valence-electron chi connectivity index (χ2n) is 5.80. The average Bonchev–Trinajstić information content (AvgIpc) is 2.53. The zero-order valence-corrected chi connectivity index (χ0v) is 16.8. The first-order chi connectivity index (χ1) is 13.0. The van der Waals surface area contributed by atoms with Crippen LogP contribution in [0.1, 0.15) is 34.6 Å². The van der Waals surface area contributed by atoms with E-state index in [4.69, 9.17) is 23.7 Å². The normalized spacial score (nSPS) is 14.6. The molecule has 11 nitrogen and oxygen atoms in total. The smallest absolute Gasteiger partial charge is 0.303 e. The lowest BCUT2D eigenvalue weighted by atomic mass is 10.0. The Bertz CT molecular complexity index is 576. The minimum atomic E-state index is -1.41. The van der Waals surface area contributed by atoms with E-state index in [9.17, 15) is 24.0 Å². The number of carbonyl (C=O) groups is 5. The Kier molecular flexibility index (Phi) is 11.4. The molecule has 0 aliphatic carbocycles. The lowest BCUT2D eigenvalue weighted by Crippen LogP contribution is -2.55. The van der Waals surface area contributed by atoms with Gasteiger partial charge in [0.25, 0.3) is 0 Å². The lowest BCUT2D eigenvalue weighted by molar-refractivity contribution is -0.202. The quantitative estimate of drug-likeness (QED) is 0.351. The number of rotatable bonds is 11. The highest BCUT2D eigenvalue weighted by molar-refractivity contribution is 5.69. The summed E-state index contributed by atoms with van der Waals surface area (Å²) in [6, 6.07) is 0. The van der Waals surface area contributed by atoms with Gasteiger partial charge >= 0.3 is 29.8 Å². The maximum absolute atomic E-state index is 11.6. The number of hydrogen-bond donors (Lipinski definition) is 1. The fourth-order valence-electron chi connectivity index (χ4n) is 2.34. The Morgan fingerprint density at radius 3 is 1.39 bits per heavy atom. The summed E-state index contributed by atoms with van der Waals surface area (Å²) in [6.45, 7) is 5.13. The highest BCUT2D eigenvalue weighted by atomic mass is 16.6. The van der Waals surface area contributed by atoms with Crippen LogP contribution in [0.5, 0.6) is 0 Å². The van der Waals surface area contributed by atoms with Crippen LogP contribution >= 0.6 is 0 Å². The van der Waals surface area contributed by atoms with Gasteiger partial charge in [0.1, 0.15) is 6.61 Å². The summed E-state index contributed by atoms with van der Waals surface area (Å²) < 4.78 is 25.6. The van der Waals surface area contributed by atoms with E-state index in [1.165, 1.54) is 0 Å². The number of esters is 5. The fraction of sp³-hybridized carbons (Fsp3) is 0.706.